The van der Waals surface area contributed by atoms with Crippen molar-refractivity contribution in [1.82, 2.24) is 15.0 Å². The van der Waals surface area contributed by atoms with Crippen LogP contribution in [0.3, 0.4) is 0 Å². The van der Waals surface area contributed by atoms with E-state index in [-0.39, 0.29) is 11.8 Å². The van der Waals surface area contributed by atoms with Gasteiger partial charge in [0.2, 0.25) is 11.7 Å². The minimum Gasteiger partial charge on any atom is -0.339 e. The monoisotopic (exact) mass is 425 g/mol. The summed E-state index contributed by atoms with van der Waals surface area (Å²) in [5.74, 6) is 1.34. The Morgan fingerprint density at radius 3 is 2.74 bits per heavy atom. The van der Waals surface area contributed by atoms with Crippen molar-refractivity contribution >= 4 is 21.8 Å². The molecule has 1 unspecified atom stereocenters. The van der Waals surface area contributed by atoms with E-state index in [0.717, 1.165) is 40.5 Å². The number of aromatic nitrogens is 2. The Balaban J connectivity index is 1.51. The van der Waals surface area contributed by atoms with E-state index < -0.39 is 0 Å². The van der Waals surface area contributed by atoms with Gasteiger partial charge in [0.15, 0.2) is 0 Å². The number of amides is 1. The summed E-state index contributed by atoms with van der Waals surface area (Å²) < 4.78 is 6.54. The van der Waals surface area contributed by atoms with E-state index in [1.165, 1.54) is 0 Å². The SMILES string of the molecule is Cc1ccccc1C(=O)N1CCCC(c2nc(-c3ccc(Br)cc3)no2)C1. The second kappa shape index (κ2) is 7.64. The fourth-order valence-electron chi connectivity index (χ4n) is 3.46. The zero-order valence-corrected chi connectivity index (χ0v) is 16.6. The summed E-state index contributed by atoms with van der Waals surface area (Å²) in [6, 6.07) is 15.5. The number of aryl methyl sites for hydroxylation is 1. The van der Waals surface area contributed by atoms with Gasteiger partial charge in [0.25, 0.3) is 5.91 Å². The average molecular weight is 426 g/mol. The molecule has 27 heavy (non-hydrogen) atoms. The predicted molar refractivity (Wildman–Crippen MR) is 106 cm³/mol. The van der Waals surface area contributed by atoms with E-state index in [4.69, 9.17) is 4.52 Å². The molecule has 2 heterocycles. The molecule has 2 aromatic carbocycles. The fourth-order valence-corrected chi connectivity index (χ4v) is 3.73. The van der Waals surface area contributed by atoms with Crippen molar-refractivity contribution < 1.29 is 9.32 Å². The number of likely N-dealkylation sites (tertiary alicyclic amines) is 1. The first-order valence-corrected chi connectivity index (χ1v) is 9.85. The van der Waals surface area contributed by atoms with Crippen molar-refractivity contribution in [3.8, 4) is 11.4 Å². The van der Waals surface area contributed by atoms with Gasteiger partial charge >= 0.3 is 0 Å². The van der Waals surface area contributed by atoms with E-state index in [0.29, 0.717) is 18.3 Å². The van der Waals surface area contributed by atoms with Gasteiger partial charge in [-0.25, -0.2) is 0 Å². The molecule has 0 radical (unpaired) electrons. The first-order chi connectivity index (χ1) is 13.1. The Morgan fingerprint density at radius 2 is 1.96 bits per heavy atom. The van der Waals surface area contributed by atoms with Crippen LogP contribution in [0.2, 0.25) is 0 Å². The molecule has 1 atom stereocenters. The molecule has 3 aromatic rings. The topological polar surface area (TPSA) is 59.2 Å². The second-order valence-corrected chi connectivity index (χ2v) is 7.78. The van der Waals surface area contributed by atoms with Crippen LogP contribution >= 0.6 is 15.9 Å². The number of carbonyl (C=O) groups excluding carboxylic acids is 1. The van der Waals surface area contributed by atoms with Crippen LogP contribution < -0.4 is 0 Å². The van der Waals surface area contributed by atoms with Crippen LogP contribution in [0.1, 0.15) is 40.6 Å². The summed E-state index contributed by atoms with van der Waals surface area (Å²) in [5.41, 5.74) is 2.68. The number of nitrogens with zero attached hydrogens (tertiary/aromatic N) is 3. The zero-order valence-electron chi connectivity index (χ0n) is 15.1. The minimum atomic E-state index is 0.0726. The summed E-state index contributed by atoms with van der Waals surface area (Å²) >= 11 is 3.43. The Hall–Kier alpha value is -2.47. The van der Waals surface area contributed by atoms with Gasteiger partial charge in [-0.05, 0) is 55.7 Å². The summed E-state index contributed by atoms with van der Waals surface area (Å²) in [6.45, 7) is 3.34. The normalized spacial score (nSPS) is 17.1. The highest BCUT2D eigenvalue weighted by Gasteiger charge is 2.29. The lowest BCUT2D eigenvalue weighted by Gasteiger charge is -2.31. The molecule has 1 aliphatic rings. The number of hydrogen-bond acceptors (Lipinski definition) is 4. The van der Waals surface area contributed by atoms with Gasteiger partial charge in [-0.1, -0.05) is 39.3 Å². The molecule has 138 valence electrons. The number of hydrogen-bond donors (Lipinski definition) is 0. The summed E-state index contributed by atoms with van der Waals surface area (Å²) in [7, 11) is 0. The van der Waals surface area contributed by atoms with Crippen LogP contribution in [0.4, 0.5) is 0 Å². The molecule has 6 heteroatoms. The third-order valence-corrected chi connectivity index (χ3v) is 5.51. The maximum atomic E-state index is 12.9. The van der Waals surface area contributed by atoms with Crippen molar-refractivity contribution in [2.45, 2.75) is 25.7 Å². The quantitative estimate of drug-likeness (QED) is 0.602. The molecule has 1 amide bonds. The van der Waals surface area contributed by atoms with Gasteiger partial charge in [-0.15, -0.1) is 0 Å². The van der Waals surface area contributed by atoms with E-state index in [2.05, 4.69) is 26.1 Å². The van der Waals surface area contributed by atoms with Crippen molar-refractivity contribution in [3.05, 3.63) is 70.0 Å². The van der Waals surface area contributed by atoms with Gasteiger partial charge in [-0.3, -0.25) is 4.79 Å². The highest BCUT2D eigenvalue weighted by molar-refractivity contribution is 9.10. The molecule has 1 fully saturated rings. The van der Waals surface area contributed by atoms with Gasteiger partial charge in [-0.2, -0.15) is 4.98 Å². The van der Waals surface area contributed by atoms with E-state index in [1.807, 2.05) is 60.4 Å². The van der Waals surface area contributed by atoms with Gasteiger partial charge in [0, 0.05) is 28.7 Å². The van der Waals surface area contributed by atoms with Crippen molar-refractivity contribution in [2.24, 2.45) is 0 Å². The molecule has 1 saturated heterocycles. The van der Waals surface area contributed by atoms with Gasteiger partial charge in [0.1, 0.15) is 0 Å². The maximum absolute atomic E-state index is 12.9. The highest BCUT2D eigenvalue weighted by atomic mass is 79.9. The highest BCUT2D eigenvalue weighted by Crippen LogP contribution is 2.29. The fraction of sp³-hybridized carbons (Fsp3) is 0.286. The largest absolute Gasteiger partial charge is 0.339 e. The smallest absolute Gasteiger partial charge is 0.254 e. The second-order valence-electron chi connectivity index (χ2n) is 6.87. The molecular formula is C21H20BrN3O2. The molecule has 0 saturated carbocycles. The third kappa shape index (κ3) is 3.81. The average Bonchev–Trinajstić information content (AvgIpc) is 3.19. The van der Waals surface area contributed by atoms with Crippen molar-refractivity contribution in [2.75, 3.05) is 13.1 Å². The van der Waals surface area contributed by atoms with Crippen LogP contribution in [0.15, 0.2) is 57.5 Å². The molecule has 0 aliphatic carbocycles. The van der Waals surface area contributed by atoms with Crippen LogP contribution in [-0.4, -0.2) is 34.0 Å². The van der Waals surface area contributed by atoms with Crippen LogP contribution in [0.25, 0.3) is 11.4 Å². The standard InChI is InChI=1S/C21H20BrN3O2/c1-14-5-2-3-7-18(14)21(26)25-12-4-6-16(13-25)20-23-19(24-27-20)15-8-10-17(22)11-9-15/h2-3,5,7-11,16H,4,6,12-13H2,1H3. The van der Waals surface area contributed by atoms with Gasteiger partial charge in [0.05, 0.1) is 5.92 Å². The lowest BCUT2D eigenvalue weighted by Crippen LogP contribution is -2.39. The number of carbonyl (C=O) groups is 1. The summed E-state index contributed by atoms with van der Waals surface area (Å²) in [6.07, 6.45) is 1.87. The van der Waals surface area contributed by atoms with E-state index in [1.54, 1.807) is 0 Å². The first-order valence-electron chi connectivity index (χ1n) is 9.06. The Bertz CT molecular complexity index is 952. The van der Waals surface area contributed by atoms with Crippen LogP contribution in [-0.2, 0) is 0 Å². The third-order valence-electron chi connectivity index (χ3n) is 4.98. The number of halogens is 1. The molecular weight excluding hydrogens is 406 g/mol. The minimum absolute atomic E-state index is 0.0726. The lowest BCUT2D eigenvalue weighted by atomic mass is 9.96. The molecule has 4 rings (SSSR count). The van der Waals surface area contributed by atoms with E-state index >= 15 is 0 Å². The van der Waals surface area contributed by atoms with Crippen molar-refractivity contribution in [1.29, 1.82) is 0 Å². The Labute approximate surface area is 166 Å². The maximum Gasteiger partial charge on any atom is 0.254 e. The number of piperidine rings is 1. The molecule has 0 bridgehead atoms. The number of rotatable bonds is 3. The zero-order chi connectivity index (χ0) is 18.8. The number of benzene rings is 2. The molecule has 0 spiro atoms. The Morgan fingerprint density at radius 1 is 1.19 bits per heavy atom. The van der Waals surface area contributed by atoms with E-state index in [9.17, 15) is 4.79 Å². The first kappa shape index (κ1) is 17.9. The lowest BCUT2D eigenvalue weighted by molar-refractivity contribution is 0.0695. The van der Waals surface area contributed by atoms with Crippen molar-refractivity contribution in [3.63, 3.8) is 0 Å². The molecule has 0 N–H and O–H groups in total. The molecule has 1 aliphatic heterocycles. The van der Waals surface area contributed by atoms with Gasteiger partial charge < -0.3 is 9.42 Å². The molecule has 1 aromatic heterocycles. The Kier molecular flexibility index (Phi) is 5.07. The molecule has 5 nitrogen and oxygen atoms in total. The predicted octanol–water partition coefficient (Wildman–Crippen LogP) is 4.83. The summed E-state index contributed by atoms with van der Waals surface area (Å²) in [4.78, 5) is 19.4. The summed E-state index contributed by atoms with van der Waals surface area (Å²) in [5, 5.41) is 4.13. The van der Waals surface area contributed by atoms with Crippen LogP contribution in [0, 0.1) is 6.92 Å². The van der Waals surface area contributed by atoms with Crippen LogP contribution in [0.5, 0.6) is 0 Å².